The number of hydrogen-bond donors (Lipinski definition) is 3. The van der Waals surface area contributed by atoms with Crippen molar-refractivity contribution < 1.29 is 4.79 Å². The molecular weight excluding hydrogens is 258 g/mol. The molecule has 1 saturated heterocycles. The van der Waals surface area contributed by atoms with E-state index in [1.165, 1.54) is 4.88 Å². The zero-order valence-electron chi connectivity index (χ0n) is 10.3. The van der Waals surface area contributed by atoms with Crippen LogP contribution in [0.2, 0.25) is 0 Å². The van der Waals surface area contributed by atoms with E-state index in [1.54, 1.807) is 11.3 Å². The van der Waals surface area contributed by atoms with E-state index in [4.69, 9.17) is 5.73 Å². The van der Waals surface area contributed by atoms with Crippen LogP contribution in [0.3, 0.4) is 0 Å². The number of hydrogen-bond acceptors (Lipinski definition) is 4. The topological polar surface area (TPSA) is 67.1 Å². The normalized spacial score (nSPS) is 14.9. The molecule has 4 nitrogen and oxygen atoms in total. The number of carbonyl (C=O) groups is 1. The van der Waals surface area contributed by atoms with Crippen LogP contribution in [-0.4, -0.2) is 19.0 Å². The molecule has 0 spiro atoms. The molecule has 1 aromatic heterocycles. The lowest BCUT2D eigenvalue weighted by Crippen LogP contribution is -2.48. The van der Waals surface area contributed by atoms with Crippen LogP contribution >= 0.6 is 11.3 Å². The highest BCUT2D eigenvalue weighted by molar-refractivity contribution is 7.13. The zero-order chi connectivity index (χ0) is 13.2. The lowest BCUT2D eigenvalue weighted by Gasteiger charge is -2.26. The maximum absolute atomic E-state index is 11.9. The maximum Gasteiger partial charge on any atom is 0.230 e. The van der Waals surface area contributed by atoms with E-state index in [9.17, 15) is 4.79 Å². The number of nitrogens with one attached hydrogen (secondary N) is 2. The van der Waals surface area contributed by atoms with Crippen LogP contribution in [0, 0.1) is 5.92 Å². The first-order valence-electron chi connectivity index (χ1n) is 6.19. The Morgan fingerprint density at radius 2 is 2.21 bits per heavy atom. The lowest BCUT2D eigenvalue weighted by molar-refractivity contribution is -0.121. The van der Waals surface area contributed by atoms with E-state index >= 15 is 0 Å². The van der Waals surface area contributed by atoms with Gasteiger partial charge >= 0.3 is 0 Å². The van der Waals surface area contributed by atoms with E-state index in [-0.39, 0.29) is 11.8 Å². The second-order valence-electron chi connectivity index (χ2n) is 4.62. The van der Waals surface area contributed by atoms with Gasteiger partial charge in [-0.25, -0.2) is 0 Å². The molecule has 19 heavy (non-hydrogen) atoms. The van der Waals surface area contributed by atoms with Crippen molar-refractivity contribution in [3.63, 3.8) is 0 Å². The maximum atomic E-state index is 11.9. The van der Waals surface area contributed by atoms with Crippen LogP contribution < -0.4 is 16.4 Å². The van der Waals surface area contributed by atoms with Gasteiger partial charge in [0.1, 0.15) is 0 Å². The van der Waals surface area contributed by atoms with Crippen LogP contribution in [0.25, 0.3) is 10.4 Å². The van der Waals surface area contributed by atoms with E-state index in [0.717, 1.165) is 18.7 Å². The Balaban J connectivity index is 1.83. The highest BCUT2D eigenvalue weighted by Gasteiger charge is 2.25. The molecule has 0 unspecified atom stereocenters. The Labute approximate surface area is 115 Å². The Morgan fingerprint density at radius 1 is 1.37 bits per heavy atom. The van der Waals surface area contributed by atoms with Gasteiger partial charge in [0.05, 0.1) is 17.3 Å². The van der Waals surface area contributed by atoms with Gasteiger partial charge in [0.2, 0.25) is 5.91 Å². The molecule has 3 rings (SSSR count). The summed E-state index contributed by atoms with van der Waals surface area (Å²) < 4.78 is 0. The third-order valence-electron chi connectivity index (χ3n) is 3.27. The van der Waals surface area contributed by atoms with Gasteiger partial charge in [0, 0.05) is 18.0 Å². The molecule has 1 aliphatic rings. The number of thiophene rings is 1. The van der Waals surface area contributed by atoms with Crippen molar-refractivity contribution in [3.8, 4) is 10.4 Å². The minimum Gasteiger partial charge on any atom is -0.397 e. The second-order valence-corrected chi connectivity index (χ2v) is 5.57. The SMILES string of the molecule is Nc1ccc(-c2cccs2)cc1NC(=O)C1CNC1. The molecule has 2 aromatic rings. The summed E-state index contributed by atoms with van der Waals surface area (Å²) in [5.74, 6) is 0.0959. The summed E-state index contributed by atoms with van der Waals surface area (Å²) in [6.07, 6.45) is 0. The summed E-state index contributed by atoms with van der Waals surface area (Å²) in [5.41, 5.74) is 8.29. The molecule has 1 aromatic carbocycles. The minimum absolute atomic E-state index is 0.0359. The quantitative estimate of drug-likeness (QED) is 0.751. The number of anilines is 2. The number of nitrogen functional groups attached to an aromatic ring is 1. The average Bonchev–Trinajstić information content (AvgIpc) is 2.83. The van der Waals surface area contributed by atoms with Crippen molar-refractivity contribution >= 4 is 28.6 Å². The van der Waals surface area contributed by atoms with Crippen molar-refractivity contribution in [1.82, 2.24) is 5.32 Å². The molecular formula is C14H15N3OS. The fourth-order valence-corrected chi connectivity index (χ4v) is 2.69. The second kappa shape index (κ2) is 5.03. The molecule has 98 valence electrons. The van der Waals surface area contributed by atoms with E-state index in [2.05, 4.69) is 16.7 Å². The molecule has 1 fully saturated rings. The molecule has 0 aliphatic carbocycles. The van der Waals surface area contributed by atoms with Crippen LogP contribution in [0.15, 0.2) is 35.7 Å². The summed E-state index contributed by atoms with van der Waals surface area (Å²) in [6.45, 7) is 1.49. The standard InChI is InChI=1S/C14H15N3OS/c15-11-4-3-9(13-2-1-5-19-13)6-12(11)17-14(18)10-7-16-8-10/h1-6,10,16H,7-8,15H2,(H,17,18). The van der Waals surface area contributed by atoms with E-state index < -0.39 is 0 Å². The first-order chi connectivity index (χ1) is 9.24. The van der Waals surface area contributed by atoms with Crippen molar-refractivity contribution in [2.24, 2.45) is 5.92 Å². The summed E-state index contributed by atoms with van der Waals surface area (Å²) in [5, 5.41) is 8.03. The van der Waals surface area contributed by atoms with Gasteiger partial charge in [-0.05, 0) is 29.1 Å². The van der Waals surface area contributed by atoms with Gasteiger partial charge in [0.15, 0.2) is 0 Å². The summed E-state index contributed by atoms with van der Waals surface area (Å²) in [4.78, 5) is 13.1. The predicted molar refractivity (Wildman–Crippen MR) is 79.2 cm³/mol. The average molecular weight is 273 g/mol. The van der Waals surface area contributed by atoms with Crippen LogP contribution in [0.5, 0.6) is 0 Å². The molecule has 4 N–H and O–H groups in total. The molecule has 1 aliphatic heterocycles. The van der Waals surface area contributed by atoms with Gasteiger partial charge in [-0.3, -0.25) is 4.79 Å². The van der Waals surface area contributed by atoms with Gasteiger partial charge < -0.3 is 16.4 Å². The van der Waals surface area contributed by atoms with Gasteiger partial charge in [-0.2, -0.15) is 0 Å². The molecule has 0 bridgehead atoms. The highest BCUT2D eigenvalue weighted by Crippen LogP contribution is 2.30. The molecule has 0 atom stereocenters. The van der Waals surface area contributed by atoms with Crippen LogP contribution in [0.4, 0.5) is 11.4 Å². The zero-order valence-corrected chi connectivity index (χ0v) is 11.2. The fraction of sp³-hybridized carbons (Fsp3) is 0.214. The first-order valence-corrected chi connectivity index (χ1v) is 7.07. The number of amides is 1. The monoisotopic (exact) mass is 273 g/mol. The van der Waals surface area contributed by atoms with Crippen LogP contribution in [-0.2, 0) is 4.79 Å². The molecule has 5 heteroatoms. The third-order valence-corrected chi connectivity index (χ3v) is 4.19. The summed E-state index contributed by atoms with van der Waals surface area (Å²) >= 11 is 1.67. The minimum atomic E-state index is 0.0359. The Kier molecular flexibility index (Phi) is 3.23. The Morgan fingerprint density at radius 3 is 2.84 bits per heavy atom. The van der Waals surface area contributed by atoms with E-state index in [1.807, 2.05) is 29.6 Å². The number of benzene rings is 1. The Bertz CT molecular complexity index is 591. The van der Waals surface area contributed by atoms with Crippen molar-refractivity contribution in [2.45, 2.75) is 0 Å². The van der Waals surface area contributed by atoms with Gasteiger partial charge in [0.25, 0.3) is 0 Å². The first kappa shape index (κ1) is 12.2. The highest BCUT2D eigenvalue weighted by atomic mass is 32.1. The van der Waals surface area contributed by atoms with Crippen molar-refractivity contribution in [2.75, 3.05) is 24.1 Å². The smallest absolute Gasteiger partial charge is 0.230 e. The molecule has 0 saturated carbocycles. The van der Waals surface area contributed by atoms with Gasteiger partial charge in [-0.1, -0.05) is 12.1 Å². The number of carbonyl (C=O) groups excluding carboxylic acids is 1. The molecule has 0 radical (unpaired) electrons. The van der Waals surface area contributed by atoms with Gasteiger partial charge in [-0.15, -0.1) is 11.3 Å². The van der Waals surface area contributed by atoms with Crippen LogP contribution in [0.1, 0.15) is 0 Å². The summed E-state index contributed by atoms with van der Waals surface area (Å²) in [7, 11) is 0. The largest absolute Gasteiger partial charge is 0.397 e. The number of nitrogens with two attached hydrogens (primary N) is 1. The van der Waals surface area contributed by atoms with E-state index in [0.29, 0.717) is 11.4 Å². The molecule has 2 heterocycles. The fourth-order valence-electron chi connectivity index (χ4n) is 1.97. The van der Waals surface area contributed by atoms with Crippen molar-refractivity contribution in [3.05, 3.63) is 35.7 Å². The predicted octanol–water partition coefficient (Wildman–Crippen LogP) is 2.16. The number of rotatable bonds is 3. The third kappa shape index (κ3) is 2.47. The lowest BCUT2D eigenvalue weighted by atomic mass is 10.0. The van der Waals surface area contributed by atoms with Crippen molar-refractivity contribution in [1.29, 1.82) is 0 Å². The summed E-state index contributed by atoms with van der Waals surface area (Å²) in [6, 6.07) is 9.81. The Hall–Kier alpha value is -1.85. The molecule has 1 amide bonds.